The van der Waals surface area contributed by atoms with Crippen LogP contribution in [0.5, 0.6) is 0 Å². The first-order valence-corrected chi connectivity index (χ1v) is 9.03. The van der Waals surface area contributed by atoms with Gasteiger partial charge in [0.25, 0.3) is 0 Å². The number of carbonyl (C=O) groups excluding carboxylic acids is 1. The third kappa shape index (κ3) is 4.14. The van der Waals surface area contributed by atoms with Gasteiger partial charge in [0.15, 0.2) is 5.78 Å². The highest BCUT2D eigenvalue weighted by atomic mass is 35.5. The number of Topliss-reactive ketones (excluding diaryl/α,β-unsaturated/α-hetero) is 1. The van der Waals surface area contributed by atoms with Crippen molar-refractivity contribution in [2.75, 3.05) is 43.0 Å². The van der Waals surface area contributed by atoms with E-state index >= 15 is 0 Å². The summed E-state index contributed by atoms with van der Waals surface area (Å²) < 4.78 is 0. The van der Waals surface area contributed by atoms with Gasteiger partial charge in [0.2, 0.25) is 0 Å². The van der Waals surface area contributed by atoms with E-state index in [9.17, 15) is 4.79 Å². The van der Waals surface area contributed by atoms with Crippen LogP contribution in [0.4, 0.5) is 11.4 Å². The Morgan fingerprint density at radius 2 is 1.60 bits per heavy atom. The number of likely N-dealkylation sites (N-methyl/N-ethyl adjacent to an activating group) is 1. The van der Waals surface area contributed by atoms with Crippen molar-refractivity contribution < 1.29 is 4.79 Å². The Balaban J connectivity index is 1.62. The monoisotopic (exact) mass is 357 g/mol. The largest absolute Gasteiger partial charge is 0.368 e. The molecule has 1 aliphatic rings. The van der Waals surface area contributed by atoms with Crippen molar-refractivity contribution in [1.29, 1.82) is 0 Å². The topological polar surface area (TPSA) is 35.6 Å². The molecule has 3 rings (SSSR count). The highest BCUT2D eigenvalue weighted by Crippen LogP contribution is 2.23. The van der Waals surface area contributed by atoms with E-state index in [1.165, 1.54) is 11.4 Å². The minimum atomic E-state index is -0.160. The fraction of sp³-hybridized carbons (Fsp3) is 0.350. The van der Waals surface area contributed by atoms with E-state index in [1.54, 1.807) is 7.05 Å². The van der Waals surface area contributed by atoms with E-state index in [4.69, 9.17) is 11.6 Å². The number of halogens is 1. The van der Waals surface area contributed by atoms with Gasteiger partial charge in [-0.2, -0.15) is 0 Å². The second kappa shape index (κ2) is 7.89. The summed E-state index contributed by atoms with van der Waals surface area (Å²) >= 11 is 6.09. The van der Waals surface area contributed by atoms with E-state index in [0.29, 0.717) is 0 Å². The van der Waals surface area contributed by atoms with Crippen molar-refractivity contribution in [2.24, 2.45) is 0 Å². The average Bonchev–Trinajstić information content (AvgIpc) is 2.67. The van der Waals surface area contributed by atoms with Crippen LogP contribution in [0, 0.1) is 0 Å². The number of hydrogen-bond acceptors (Lipinski definition) is 4. The van der Waals surface area contributed by atoms with E-state index in [1.807, 2.05) is 49.4 Å². The lowest BCUT2D eigenvalue weighted by Crippen LogP contribution is -2.46. The molecule has 0 aliphatic carbocycles. The number of hydrogen-bond donors (Lipinski definition) is 1. The first kappa shape index (κ1) is 17.8. The van der Waals surface area contributed by atoms with Crippen molar-refractivity contribution in [1.82, 2.24) is 5.32 Å². The van der Waals surface area contributed by atoms with Gasteiger partial charge in [-0.15, -0.1) is 0 Å². The number of carbonyl (C=O) groups is 1. The van der Waals surface area contributed by atoms with Gasteiger partial charge in [0.1, 0.15) is 0 Å². The van der Waals surface area contributed by atoms with Gasteiger partial charge in [-0.1, -0.05) is 17.7 Å². The average molecular weight is 358 g/mol. The first-order valence-electron chi connectivity index (χ1n) is 8.65. The van der Waals surface area contributed by atoms with Crippen LogP contribution >= 0.6 is 11.6 Å². The number of benzene rings is 2. The molecular weight excluding hydrogens is 334 g/mol. The fourth-order valence-electron chi connectivity index (χ4n) is 3.11. The molecule has 4 nitrogen and oxygen atoms in total. The fourth-order valence-corrected chi connectivity index (χ4v) is 3.30. The van der Waals surface area contributed by atoms with E-state index < -0.39 is 0 Å². The summed E-state index contributed by atoms with van der Waals surface area (Å²) in [6.07, 6.45) is 0. The molecule has 1 atom stereocenters. The summed E-state index contributed by atoms with van der Waals surface area (Å²) in [5.41, 5.74) is 3.09. The lowest BCUT2D eigenvalue weighted by molar-refractivity contribution is 0.0955. The van der Waals surface area contributed by atoms with Crippen LogP contribution in [0.1, 0.15) is 17.3 Å². The van der Waals surface area contributed by atoms with Crippen molar-refractivity contribution >= 4 is 28.8 Å². The Hall–Kier alpha value is -2.04. The maximum atomic E-state index is 12.2. The van der Waals surface area contributed by atoms with Crippen molar-refractivity contribution in [3.63, 3.8) is 0 Å². The molecule has 1 heterocycles. The van der Waals surface area contributed by atoms with Crippen molar-refractivity contribution in [3.8, 4) is 0 Å². The Morgan fingerprint density at radius 3 is 2.16 bits per heavy atom. The van der Waals surface area contributed by atoms with Crippen molar-refractivity contribution in [2.45, 2.75) is 13.0 Å². The van der Waals surface area contributed by atoms with E-state index in [2.05, 4.69) is 21.2 Å². The van der Waals surface area contributed by atoms with Gasteiger partial charge >= 0.3 is 0 Å². The molecule has 0 aromatic heterocycles. The van der Waals surface area contributed by atoms with Gasteiger partial charge in [-0.05, 0) is 56.4 Å². The highest BCUT2D eigenvalue weighted by molar-refractivity contribution is 6.30. The molecule has 1 unspecified atom stereocenters. The van der Waals surface area contributed by atoms with Gasteiger partial charge < -0.3 is 15.1 Å². The summed E-state index contributed by atoms with van der Waals surface area (Å²) in [7, 11) is 1.80. The maximum Gasteiger partial charge on any atom is 0.179 e. The van der Waals surface area contributed by atoms with Crippen LogP contribution in [0.25, 0.3) is 0 Å². The van der Waals surface area contributed by atoms with Crippen LogP contribution < -0.4 is 15.1 Å². The lowest BCUT2D eigenvalue weighted by atomic mass is 10.0. The number of anilines is 2. The molecule has 5 heteroatoms. The molecule has 1 N–H and O–H groups in total. The quantitative estimate of drug-likeness (QED) is 0.831. The number of ketones is 1. The minimum absolute atomic E-state index is 0.125. The van der Waals surface area contributed by atoms with Crippen LogP contribution in [0.2, 0.25) is 5.02 Å². The molecule has 0 bridgehead atoms. The Labute approximate surface area is 154 Å². The van der Waals surface area contributed by atoms with E-state index in [-0.39, 0.29) is 11.8 Å². The molecule has 1 aliphatic heterocycles. The van der Waals surface area contributed by atoms with Gasteiger partial charge in [-0.3, -0.25) is 4.79 Å². The molecule has 1 saturated heterocycles. The Morgan fingerprint density at radius 1 is 1.00 bits per heavy atom. The van der Waals surface area contributed by atoms with Crippen LogP contribution in [0.15, 0.2) is 48.5 Å². The van der Waals surface area contributed by atoms with Crippen molar-refractivity contribution in [3.05, 3.63) is 59.1 Å². The third-order valence-electron chi connectivity index (χ3n) is 4.80. The summed E-state index contributed by atoms with van der Waals surface area (Å²) in [6, 6.07) is 15.8. The second-order valence-corrected chi connectivity index (χ2v) is 6.81. The molecule has 2 aromatic carbocycles. The zero-order valence-corrected chi connectivity index (χ0v) is 15.5. The molecule has 0 amide bonds. The summed E-state index contributed by atoms with van der Waals surface area (Å²) in [5, 5.41) is 3.76. The summed E-state index contributed by atoms with van der Waals surface area (Å²) in [4.78, 5) is 16.9. The molecule has 0 spiro atoms. The maximum absolute atomic E-state index is 12.2. The molecular formula is C20H24ClN3O. The number of rotatable bonds is 5. The molecule has 1 fully saturated rings. The number of nitrogens with one attached hydrogen (secondary N) is 1. The molecule has 25 heavy (non-hydrogen) atoms. The number of nitrogens with zero attached hydrogens (tertiary/aromatic N) is 2. The van der Waals surface area contributed by atoms with Gasteiger partial charge in [-0.25, -0.2) is 0 Å². The summed E-state index contributed by atoms with van der Waals surface area (Å²) in [5.74, 6) is 0.125. The molecule has 0 radical (unpaired) electrons. The third-order valence-corrected chi connectivity index (χ3v) is 5.03. The minimum Gasteiger partial charge on any atom is -0.368 e. The lowest BCUT2D eigenvalue weighted by Gasteiger charge is -2.37. The highest BCUT2D eigenvalue weighted by Gasteiger charge is 2.18. The van der Waals surface area contributed by atoms with Gasteiger partial charge in [0, 0.05) is 48.1 Å². The van der Waals surface area contributed by atoms with E-state index in [0.717, 1.165) is 36.8 Å². The molecule has 0 saturated carbocycles. The Bertz CT molecular complexity index is 724. The SMILES string of the molecule is CNC(C)C(=O)c1ccc(N2CCN(c3cccc(Cl)c3)CC2)cc1. The standard InChI is InChI=1S/C20H24ClN3O/c1-15(22-2)20(25)16-6-8-18(9-7-16)23-10-12-24(13-11-23)19-5-3-4-17(21)14-19/h3-9,14-15,22H,10-13H2,1-2H3. The predicted octanol–water partition coefficient (Wildman–Crippen LogP) is 3.46. The van der Waals surface area contributed by atoms with Crippen LogP contribution in [-0.2, 0) is 0 Å². The van der Waals surface area contributed by atoms with Gasteiger partial charge in [0.05, 0.1) is 6.04 Å². The number of piperazine rings is 1. The molecule has 2 aromatic rings. The second-order valence-electron chi connectivity index (χ2n) is 6.38. The van der Waals surface area contributed by atoms with Crippen LogP contribution in [-0.4, -0.2) is 45.1 Å². The predicted molar refractivity (Wildman–Crippen MR) is 105 cm³/mol. The summed E-state index contributed by atoms with van der Waals surface area (Å²) in [6.45, 7) is 5.69. The zero-order valence-electron chi connectivity index (χ0n) is 14.7. The molecule has 132 valence electrons. The first-order chi connectivity index (χ1) is 12.1. The van der Waals surface area contributed by atoms with Crippen LogP contribution in [0.3, 0.4) is 0 Å². The smallest absolute Gasteiger partial charge is 0.179 e. The zero-order chi connectivity index (χ0) is 17.8. The normalized spacial score (nSPS) is 16.0. The Kier molecular flexibility index (Phi) is 5.61.